The van der Waals surface area contributed by atoms with Crippen molar-refractivity contribution in [1.29, 1.82) is 0 Å². The van der Waals surface area contributed by atoms with E-state index < -0.39 is 0 Å². The zero-order valence-corrected chi connectivity index (χ0v) is 13.4. The summed E-state index contributed by atoms with van der Waals surface area (Å²) in [6.45, 7) is 6.19. The molecule has 118 valence electrons. The monoisotopic (exact) mass is 300 g/mol. The number of hydrogen-bond donors (Lipinski definition) is 1. The molecule has 1 aromatic rings. The van der Waals surface area contributed by atoms with E-state index in [2.05, 4.69) is 11.4 Å². The number of amides is 2. The van der Waals surface area contributed by atoms with E-state index in [1.165, 1.54) is 11.6 Å². The van der Waals surface area contributed by atoms with E-state index in [4.69, 9.17) is 0 Å². The Kier molecular flexibility index (Phi) is 5.75. The van der Waals surface area contributed by atoms with Gasteiger partial charge in [0.2, 0.25) is 11.8 Å². The molecule has 0 radical (unpaired) electrons. The van der Waals surface area contributed by atoms with Crippen molar-refractivity contribution in [2.75, 3.05) is 19.6 Å². The summed E-state index contributed by atoms with van der Waals surface area (Å²) in [7, 11) is 0. The first-order chi connectivity index (χ1) is 10.6. The van der Waals surface area contributed by atoms with Gasteiger partial charge in [0, 0.05) is 32.1 Å². The van der Waals surface area contributed by atoms with Crippen LogP contribution in [-0.2, 0) is 9.59 Å². The zero-order chi connectivity index (χ0) is 15.9. The van der Waals surface area contributed by atoms with E-state index in [9.17, 15) is 9.59 Å². The van der Waals surface area contributed by atoms with Crippen molar-refractivity contribution in [3.63, 3.8) is 0 Å². The lowest BCUT2D eigenvalue weighted by molar-refractivity contribution is -0.130. The predicted octanol–water partition coefficient (Wildman–Crippen LogP) is 2.45. The maximum atomic E-state index is 11.8. The number of aryl methyl sites for hydroxylation is 2. The molecule has 2 rings (SSSR count). The topological polar surface area (TPSA) is 49.4 Å². The molecular formula is C18H24N2O2. The molecule has 0 aliphatic carbocycles. The number of benzene rings is 1. The molecule has 4 heteroatoms. The first-order valence-corrected chi connectivity index (χ1v) is 7.87. The number of hydrogen-bond acceptors (Lipinski definition) is 2. The molecule has 1 aliphatic rings. The van der Waals surface area contributed by atoms with Crippen LogP contribution in [0.3, 0.4) is 0 Å². The Bertz CT molecular complexity index is 572. The van der Waals surface area contributed by atoms with E-state index in [1.54, 1.807) is 0 Å². The van der Waals surface area contributed by atoms with Crippen LogP contribution in [0.4, 0.5) is 0 Å². The standard InChI is InChI=1S/C18H24N2O2/c1-14-5-6-16(15(2)13-14)7-8-17(21)19-10-9-18(22)20-11-3-4-12-20/h5-8,13H,3-4,9-12H2,1-2H3,(H,19,21)/b8-7+. The Labute approximate surface area is 132 Å². The highest BCUT2D eigenvalue weighted by Gasteiger charge is 2.17. The minimum atomic E-state index is -0.158. The van der Waals surface area contributed by atoms with Crippen molar-refractivity contribution in [3.8, 4) is 0 Å². The van der Waals surface area contributed by atoms with Crippen molar-refractivity contribution in [3.05, 3.63) is 41.0 Å². The lowest BCUT2D eigenvalue weighted by atomic mass is 10.1. The van der Waals surface area contributed by atoms with Crippen molar-refractivity contribution in [2.24, 2.45) is 0 Å². The lowest BCUT2D eigenvalue weighted by Crippen LogP contribution is -2.32. The molecule has 1 N–H and O–H groups in total. The van der Waals surface area contributed by atoms with Gasteiger partial charge in [-0.3, -0.25) is 9.59 Å². The van der Waals surface area contributed by atoms with E-state index >= 15 is 0 Å². The second kappa shape index (κ2) is 7.78. The van der Waals surface area contributed by atoms with Crippen LogP contribution < -0.4 is 5.32 Å². The molecule has 0 spiro atoms. The summed E-state index contributed by atoms with van der Waals surface area (Å²) in [6, 6.07) is 6.12. The highest BCUT2D eigenvalue weighted by Crippen LogP contribution is 2.12. The Hall–Kier alpha value is -2.10. The van der Waals surface area contributed by atoms with Crippen LogP contribution in [-0.4, -0.2) is 36.3 Å². The van der Waals surface area contributed by atoms with Crippen LogP contribution >= 0.6 is 0 Å². The first-order valence-electron chi connectivity index (χ1n) is 7.87. The quantitative estimate of drug-likeness (QED) is 0.849. The second-order valence-corrected chi connectivity index (χ2v) is 5.82. The molecule has 4 nitrogen and oxygen atoms in total. The van der Waals surface area contributed by atoms with Gasteiger partial charge < -0.3 is 10.2 Å². The third-order valence-corrected chi connectivity index (χ3v) is 3.94. The maximum absolute atomic E-state index is 11.8. The summed E-state index contributed by atoms with van der Waals surface area (Å²) in [6.07, 6.45) is 5.90. The number of carbonyl (C=O) groups is 2. The van der Waals surface area contributed by atoms with Crippen LogP contribution in [0.5, 0.6) is 0 Å². The largest absolute Gasteiger partial charge is 0.352 e. The Balaban J connectivity index is 1.75. The third kappa shape index (κ3) is 4.72. The fraction of sp³-hybridized carbons (Fsp3) is 0.444. The minimum absolute atomic E-state index is 0.135. The van der Waals surface area contributed by atoms with Gasteiger partial charge in [-0.1, -0.05) is 23.8 Å². The molecule has 1 saturated heterocycles. The van der Waals surface area contributed by atoms with Gasteiger partial charge in [0.05, 0.1) is 0 Å². The normalized spacial score (nSPS) is 14.5. The minimum Gasteiger partial charge on any atom is -0.352 e. The molecule has 2 amide bonds. The number of rotatable bonds is 5. The van der Waals surface area contributed by atoms with Crippen LogP contribution in [0.25, 0.3) is 6.08 Å². The fourth-order valence-electron chi connectivity index (χ4n) is 2.65. The smallest absolute Gasteiger partial charge is 0.244 e. The predicted molar refractivity (Wildman–Crippen MR) is 88.4 cm³/mol. The number of nitrogens with zero attached hydrogens (tertiary/aromatic N) is 1. The summed E-state index contributed by atoms with van der Waals surface area (Å²) < 4.78 is 0. The molecule has 0 saturated carbocycles. The summed E-state index contributed by atoms with van der Waals surface area (Å²) in [5, 5.41) is 2.76. The van der Waals surface area contributed by atoms with Gasteiger partial charge >= 0.3 is 0 Å². The highest BCUT2D eigenvalue weighted by molar-refractivity contribution is 5.92. The fourth-order valence-corrected chi connectivity index (χ4v) is 2.65. The summed E-state index contributed by atoms with van der Waals surface area (Å²) >= 11 is 0. The zero-order valence-electron chi connectivity index (χ0n) is 13.4. The molecule has 0 aromatic heterocycles. The summed E-state index contributed by atoms with van der Waals surface area (Å²) in [5.41, 5.74) is 3.39. The number of carbonyl (C=O) groups excluding carboxylic acids is 2. The Morgan fingerprint density at radius 2 is 1.95 bits per heavy atom. The average molecular weight is 300 g/mol. The molecule has 22 heavy (non-hydrogen) atoms. The van der Waals surface area contributed by atoms with Gasteiger partial charge in [-0.05, 0) is 43.9 Å². The molecule has 0 bridgehead atoms. The van der Waals surface area contributed by atoms with Gasteiger partial charge in [-0.25, -0.2) is 0 Å². The van der Waals surface area contributed by atoms with Crippen molar-refractivity contribution in [1.82, 2.24) is 10.2 Å². The molecule has 1 aromatic carbocycles. The van der Waals surface area contributed by atoms with Crippen molar-refractivity contribution >= 4 is 17.9 Å². The summed E-state index contributed by atoms with van der Waals surface area (Å²) in [4.78, 5) is 25.5. The number of nitrogens with one attached hydrogen (secondary N) is 1. The maximum Gasteiger partial charge on any atom is 0.244 e. The SMILES string of the molecule is Cc1ccc(/C=C/C(=O)NCCC(=O)N2CCCC2)c(C)c1. The Morgan fingerprint density at radius 1 is 1.23 bits per heavy atom. The highest BCUT2D eigenvalue weighted by atomic mass is 16.2. The van der Waals surface area contributed by atoms with Gasteiger partial charge in [0.15, 0.2) is 0 Å². The Morgan fingerprint density at radius 3 is 2.64 bits per heavy atom. The van der Waals surface area contributed by atoms with Gasteiger partial charge in [0.1, 0.15) is 0 Å². The lowest BCUT2D eigenvalue weighted by Gasteiger charge is -2.14. The molecule has 0 unspecified atom stereocenters. The second-order valence-electron chi connectivity index (χ2n) is 5.82. The van der Waals surface area contributed by atoms with E-state index in [0.29, 0.717) is 13.0 Å². The third-order valence-electron chi connectivity index (χ3n) is 3.94. The average Bonchev–Trinajstić information content (AvgIpc) is 3.00. The van der Waals surface area contributed by atoms with E-state index in [0.717, 1.165) is 37.1 Å². The molecule has 1 fully saturated rings. The molecule has 0 atom stereocenters. The van der Waals surface area contributed by atoms with Gasteiger partial charge in [-0.2, -0.15) is 0 Å². The number of likely N-dealkylation sites (tertiary alicyclic amines) is 1. The van der Waals surface area contributed by atoms with Crippen LogP contribution in [0.1, 0.15) is 36.0 Å². The van der Waals surface area contributed by atoms with Crippen LogP contribution in [0, 0.1) is 13.8 Å². The van der Waals surface area contributed by atoms with Crippen molar-refractivity contribution < 1.29 is 9.59 Å². The van der Waals surface area contributed by atoms with Gasteiger partial charge in [0.25, 0.3) is 0 Å². The van der Waals surface area contributed by atoms with E-state index in [1.807, 2.05) is 37.0 Å². The van der Waals surface area contributed by atoms with Crippen LogP contribution in [0.15, 0.2) is 24.3 Å². The molecular weight excluding hydrogens is 276 g/mol. The van der Waals surface area contributed by atoms with Gasteiger partial charge in [-0.15, -0.1) is 0 Å². The molecule has 1 heterocycles. The molecule has 1 aliphatic heterocycles. The first kappa shape index (κ1) is 16.3. The van der Waals surface area contributed by atoms with Crippen LogP contribution in [0.2, 0.25) is 0 Å². The summed E-state index contributed by atoms with van der Waals surface area (Å²) in [5.74, 6) is -0.0228. The van der Waals surface area contributed by atoms with E-state index in [-0.39, 0.29) is 11.8 Å². The van der Waals surface area contributed by atoms with Crippen molar-refractivity contribution in [2.45, 2.75) is 33.1 Å².